The maximum Gasteiger partial charge on any atom is 0.210 e. The largest absolute Gasteiger partial charge is 0.312 e. The average molecular weight is 322 g/mol. The summed E-state index contributed by atoms with van der Waals surface area (Å²) in [6.45, 7) is 7.00. The van der Waals surface area contributed by atoms with Crippen LogP contribution in [0.1, 0.15) is 85.0 Å². The first kappa shape index (κ1) is 16.4. The molecule has 0 aromatic carbocycles. The van der Waals surface area contributed by atoms with Crippen molar-refractivity contribution in [2.24, 2.45) is 29.6 Å². The molecule has 23 heavy (non-hydrogen) atoms. The van der Waals surface area contributed by atoms with E-state index in [1.807, 2.05) is 0 Å². The summed E-state index contributed by atoms with van der Waals surface area (Å²) >= 11 is 0. The third kappa shape index (κ3) is 2.77. The van der Waals surface area contributed by atoms with E-state index < -0.39 is 11.6 Å². The fraction of sp³-hybridized carbons (Fsp3) is 1.00. The van der Waals surface area contributed by atoms with Crippen molar-refractivity contribution in [3.63, 3.8) is 0 Å². The van der Waals surface area contributed by atoms with E-state index in [2.05, 4.69) is 20.8 Å². The highest BCUT2D eigenvalue weighted by atomic mass is 17.3. The second kappa shape index (κ2) is 6.00. The lowest BCUT2D eigenvalue weighted by Crippen LogP contribution is -2.54. The summed E-state index contributed by atoms with van der Waals surface area (Å²) in [6, 6.07) is 0. The molecular formula is C20H34O3. The maximum atomic E-state index is 6.75. The molecule has 3 heteroatoms. The molecule has 0 N–H and O–H groups in total. The predicted molar refractivity (Wildman–Crippen MR) is 89.4 cm³/mol. The van der Waals surface area contributed by atoms with Gasteiger partial charge in [0.1, 0.15) is 0 Å². The van der Waals surface area contributed by atoms with Gasteiger partial charge in [-0.25, -0.2) is 0 Å². The minimum Gasteiger partial charge on any atom is -0.312 e. The van der Waals surface area contributed by atoms with Crippen LogP contribution in [0.5, 0.6) is 0 Å². The zero-order valence-electron chi connectivity index (χ0n) is 15.2. The molecule has 3 nitrogen and oxygen atoms in total. The van der Waals surface area contributed by atoms with Crippen molar-refractivity contribution in [1.82, 2.24) is 0 Å². The SMILES string of the molecule is CCCC1CCC2(CC1)OOC1(O2)C(C)CC2CC(C)CC1C2. The molecule has 132 valence electrons. The molecule has 4 aliphatic rings. The van der Waals surface area contributed by atoms with Gasteiger partial charge < -0.3 is 4.74 Å². The van der Waals surface area contributed by atoms with E-state index in [0.717, 1.165) is 30.6 Å². The molecule has 0 amide bonds. The van der Waals surface area contributed by atoms with Crippen molar-refractivity contribution >= 4 is 0 Å². The number of hydrogen-bond acceptors (Lipinski definition) is 3. The van der Waals surface area contributed by atoms with Gasteiger partial charge in [0.05, 0.1) is 0 Å². The van der Waals surface area contributed by atoms with Crippen LogP contribution in [0.3, 0.4) is 0 Å². The minimum atomic E-state index is -0.456. The summed E-state index contributed by atoms with van der Waals surface area (Å²) in [5, 5.41) is 0. The second-order valence-corrected chi connectivity index (χ2v) is 9.14. The zero-order valence-corrected chi connectivity index (χ0v) is 15.2. The Balaban J connectivity index is 1.48. The Bertz CT molecular complexity index is 425. The standard InChI is InChI=1S/C20H34O3/c1-4-5-16-6-8-19(9-7-16)21-20(23-22-19)15(3)12-17-10-14(2)11-18(20)13-17/h14-18H,4-13H2,1-3H3. The first-order valence-corrected chi connectivity index (χ1v) is 10.1. The van der Waals surface area contributed by atoms with Crippen LogP contribution in [0.4, 0.5) is 0 Å². The summed E-state index contributed by atoms with van der Waals surface area (Å²) in [4.78, 5) is 12.1. The minimum absolute atomic E-state index is 0.438. The van der Waals surface area contributed by atoms with Crippen LogP contribution in [0.2, 0.25) is 0 Å². The first-order valence-electron chi connectivity index (χ1n) is 10.1. The van der Waals surface area contributed by atoms with E-state index >= 15 is 0 Å². The molecule has 3 aliphatic carbocycles. The van der Waals surface area contributed by atoms with Crippen LogP contribution in [-0.4, -0.2) is 11.6 Å². The van der Waals surface area contributed by atoms with Crippen LogP contribution in [-0.2, 0) is 14.5 Å². The molecular weight excluding hydrogens is 288 g/mol. The Morgan fingerprint density at radius 2 is 1.74 bits per heavy atom. The van der Waals surface area contributed by atoms with Crippen molar-refractivity contribution in [2.45, 2.75) is 96.6 Å². The van der Waals surface area contributed by atoms with E-state index in [9.17, 15) is 0 Å². The van der Waals surface area contributed by atoms with Crippen LogP contribution in [0, 0.1) is 29.6 Å². The van der Waals surface area contributed by atoms with Crippen LogP contribution >= 0.6 is 0 Å². The summed E-state index contributed by atoms with van der Waals surface area (Å²) < 4.78 is 6.75. The number of ether oxygens (including phenoxy) is 1. The third-order valence-electron chi connectivity index (χ3n) is 7.22. The molecule has 0 radical (unpaired) electrons. The summed E-state index contributed by atoms with van der Waals surface area (Å²) in [5.41, 5.74) is 0. The van der Waals surface area contributed by atoms with Gasteiger partial charge in [0.15, 0.2) is 0 Å². The molecule has 4 rings (SSSR count). The van der Waals surface area contributed by atoms with Gasteiger partial charge in [0, 0.05) is 24.7 Å². The first-order chi connectivity index (χ1) is 11.1. The van der Waals surface area contributed by atoms with Crippen LogP contribution in [0.15, 0.2) is 0 Å². The Morgan fingerprint density at radius 3 is 2.48 bits per heavy atom. The van der Waals surface area contributed by atoms with Gasteiger partial charge in [-0.05, 0) is 56.3 Å². The monoisotopic (exact) mass is 322 g/mol. The smallest absolute Gasteiger partial charge is 0.210 e. The Labute approximate surface area is 141 Å². The average Bonchev–Trinajstić information content (AvgIpc) is 2.89. The quantitative estimate of drug-likeness (QED) is 0.634. The lowest BCUT2D eigenvalue weighted by molar-refractivity contribution is -0.380. The Kier molecular flexibility index (Phi) is 4.26. The molecule has 4 fully saturated rings. The van der Waals surface area contributed by atoms with Gasteiger partial charge in [-0.15, -0.1) is 0 Å². The van der Waals surface area contributed by atoms with Gasteiger partial charge >= 0.3 is 0 Å². The molecule has 5 unspecified atom stereocenters. The van der Waals surface area contributed by atoms with E-state index in [1.165, 1.54) is 51.4 Å². The normalized spacial score (nSPS) is 53.1. The number of rotatable bonds is 2. The highest BCUT2D eigenvalue weighted by molar-refractivity contribution is 4.99. The highest BCUT2D eigenvalue weighted by Crippen LogP contribution is 2.58. The van der Waals surface area contributed by atoms with Crippen molar-refractivity contribution < 1.29 is 14.5 Å². The Hall–Kier alpha value is -0.120. The molecule has 5 atom stereocenters. The van der Waals surface area contributed by atoms with Gasteiger partial charge in [0.2, 0.25) is 11.6 Å². The molecule has 1 saturated heterocycles. The van der Waals surface area contributed by atoms with Crippen molar-refractivity contribution in [3.8, 4) is 0 Å². The molecule has 2 spiro atoms. The van der Waals surface area contributed by atoms with Crippen molar-refractivity contribution in [1.29, 1.82) is 0 Å². The highest BCUT2D eigenvalue weighted by Gasteiger charge is 2.62. The summed E-state index contributed by atoms with van der Waals surface area (Å²) in [7, 11) is 0. The Morgan fingerprint density at radius 1 is 0.957 bits per heavy atom. The third-order valence-corrected chi connectivity index (χ3v) is 7.22. The van der Waals surface area contributed by atoms with E-state index in [1.54, 1.807) is 0 Å². The van der Waals surface area contributed by atoms with E-state index in [0.29, 0.717) is 11.8 Å². The van der Waals surface area contributed by atoms with Gasteiger partial charge in [0.25, 0.3) is 0 Å². The fourth-order valence-corrected chi connectivity index (χ4v) is 6.13. The summed E-state index contributed by atoms with van der Waals surface area (Å²) in [6.07, 6.45) is 12.2. The molecule has 0 aromatic heterocycles. The van der Waals surface area contributed by atoms with Gasteiger partial charge in [-0.1, -0.05) is 33.6 Å². The maximum absolute atomic E-state index is 6.75. The number of fused-ring (bicyclic) bond motifs is 3. The number of hydrogen-bond donors (Lipinski definition) is 0. The molecule has 3 saturated carbocycles. The molecule has 1 heterocycles. The van der Waals surface area contributed by atoms with E-state index in [-0.39, 0.29) is 0 Å². The van der Waals surface area contributed by atoms with E-state index in [4.69, 9.17) is 14.5 Å². The van der Waals surface area contributed by atoms with Crippen LogP contribution in [0.25, 0.3) is 0 Å². The molecule has 2 bridgehead atoms. The lowest BCUT2D eigenvalue weighted by Gasteiger charge is -2.50. The van der Waals surface area contributed by atoms with Crippen molar-refractivity contribution in [3.05, 3.63) is 0 Å². The lowest BCUT2D eigenvalue weighted by atomic mass is 9.62. The van der Waals surface area contributed by atoms with Gasteiger partial charge in [-0.3, -0.25) is 0 Å². The van der Waals surface area contributed by atoms with Gasteiger partial charge in [-0.2, -0.15) is 9.78 Å². The predicted octanol–water partition coefficient (Wildman–Crippen LogP) is 5.44. The molecule has 0 aromatic rings. The molecule has 1 aliphatic heterocycles. The zero-order chi connectivity index (χ0) is 16.1. The second-order valence-electron chi connectivity index (χ2n) is 9.14. The summed E-state index contributed by atoms with van der Waals surface area (Å²) in [5.74, 6) is 2.60. The fourth-order valence-electron chi connectivity index (χ4n) is 6.13. The van der Waals surface area contributed by atoms with Crippen molar-refractivity contribution in [2.75, 3.05) is 0 Å². The topological polar surface area (TPSA) is 27.7 Å². The van der Waals surface area contributed by atoms with Crippen LogP contribution < -0.4 is 0 Å².